The summed E-state index contributed by atoms with van der Waals surface area (Å²) in [4.78, 5) is 22.8. The minimum atomic E-state index is -1.22. The Morgan fingerprint density at radius 1 is 1.44 bits per heavy atom. The van der Waals surface area contributed by atoms with Crippen molar-refractivity contribution in [3.63, 3.8) is 0 Å². The van der Waals surface area contributed by atoms with Gasteiger partial charge in [-0.05, 0) is 25.1 Å². The van der Waals surface area contributed by atoms with Gasteiger partial charge in [-0.3, -0.25) is 4.79 Å². The summed E-state index contributed by atoms with van der Waals surface area (Å²) >= 11 is 11.7. The van der Waals surface area contributed by atoms with Gasteiger partial charge < -0.3 is 5.11 Å². The Balaban J connectivity index is 2.46. The number of hydrazone groups is 1. The molecule has 1 N–H and O–H groups in total. The van der Waals surface area contributed by atoms with Crippen LogP contribution in [0.2, 0.25) is 10.0 Å². The number of anilines is 1. The summed E-state index contributed by atoms with van der Waals surface area (Å²) < 4.78 is 0. The molecule has 1 aromatic rings. The second-order valence-corrected chi connectivity index (χ2v) is 4.60. The molecule has 1 atom stereocenters. The Labute approximate surface area is 113 Å². The molecule has 0 saturated carbocycles. The van der Waals surface area contributed by atoms with Gasteiger partial charge in [0.2, 0.25) is 0 Å². The number of carbonyl (C=O) groups is 2. The third-order valence-corrected chi connectivity index (χ3v) is 3.09. The highest BCUT2D eigenvalue weighted by molar-refractivity contribution is 6.44. The molecule has 1 aromatic carbocycles. The Morgan fingerprint density at radius 2 is 2.11 bits per heavy atom. The minimum Gasteiger partial charge on any atom is -0.477 e. The molecule has 94 valence electrons. The van der Waals surface area contributed by atoms with E-state index in [-0.39, 0.29) is 10.7 Å². The quantitative estimate of drug-likeness (QED) is 0.908. The number of aliphatic carboxylic acids is 1. The lowest BCUT2D eigenvalue weighted by Gasteiger charge is -2.14. The van der Waals surface area contributed by atoms with Crippen LogP contribution in [0, 0.1) is 5.92 Å². The first-order valence-electron chi connectivity index (χ1n) is 5.02. The number of nitrogens with zero attached hydrogens (tertiary/aromatic N) is 2. The molecule has 0 bridgehead atoms. The molecule has 0 aromatic heterocycles. The van der Waals surface area contributed by atoms with Gasteiger partial charge in [-0.2, -0.15) is 10.1 Å². The molecule has 1 unspecified atom stereocenters. The lowest BCUT2D eigenvalue weighted by atomic mass is 10.1. The van der Waals surface area contributed by atoms with Gasteiger partial charge in [-0.25, -0.2) is 4.79 Å². The second kappa shape index (κ2) is 4.59. The number of halogens is 2. The van der Waals surface area contributed by atoms with Crippen LogP contribution in [-0.4, -0.2) is 22.7 Å². The summed E-state index contributed by atoms with van der Waals surface area (Å²) in [6.45, 7) is 1.49. The van der Waals surface area contributed by atoms with E-state index in [0.29, 0.717) is 10.7 Å². The van der Waals surface area contributed by atoms with Crippen LogP contribution in [0.1, 0.15) is 6.92 Å². The lowest BCUT2D eigenvalue weighted by Crippen LogP contribution is -2.27. The predicted octanol–water partition coefficient (Wildman–Crippen LogP) is 2.42. The van der Waals surface area contributed by atoms with E-state index >= 15 is 0 Å². The average Bonchev–Trinajstić information content (AvgIpc) is 2.57. The summed E-state index contributed by atoms with van der Waals surface area (Å²) in [5, 5.41) is 14.3. The normalized spacial score (nSPS) is 19.1. The van der Waals surface area contributed by atoms with E-state index in [0.717, 1.165) is 5.01 Å². The summed E-state index contributed by atoms with van der Waals surface area (Å²) in [7, 11) is 0. The van der Waals surface area contributed by atoms with E-state index < -0.39 is 17.8 Å². The standard InChI is InChI=1S/C11H8Cl2N2O3/c1-5-9(11(17)18)14-15(10(5)16)8-3-2-6(12)4-7(8)13/h2-5H,1H3,(H,17,18). The maximum Gasteiger partial charge on any atom is 0.352 e. The zero-order chi connectivity index (χ0) is 13.4. The van der Waals surface area contributed by atoms with Gasteiger partial charge in [-0.1, -0.05) is 23.2 Å². The highest BCUT2D eigenvalue weighted by Gasteiger charge is 2.37. The van der Waals surface area contributed by atoms with Crippen molar-refractivity contribution in [3.8, 4) is 0 Å². The largest absolute Gasteiger partial charge is 0.477 e. The molecule has 1 heterocycles. The van der Waals surface area contributed by atoms with Crippen molar-refractivity contribution in [2.24, 2.45) is 11.0 Å². The molecule has 0 aliphatic carbocycles. The van der Waals surface area contributed by atoms with Crippen molar-refractivity contribution >= 4 is 46.5 Å². The molecule has 7 heteroatoms. The number of rotatable bonds is 2. The van der Waals surface area contributed by atoms with Crippen molar-refractivity contribution in [2.75, 3.05) is 5.01 Å². The molecule has 18 heavy (non-hydrogen) atoms. The third-order valence-electron chi connectivity index (χ3n) is 2.55. The van der Waals surface area contributed by atoms with Gasteiger partial charge in [0.05, 0.1) is 16.6 Å². The summed E-state index contributed by atoms with van der Waals surface area (Å²) in [5.41, 5.74) is 0.111. The topological polar surface area (TPSA) is 70.0 Å². The monoisotopic (exact) mass is 286 g/mol. The van der Waals surface area contributed by atoms with Crippen molar-refractivity contribution in [1.29, 1.82) is 0 Å². The molecule has 1 aliphatic heterocycles. The van der Waals surface area contributed by atoms with Crippen molar-refractivity contribution < 1.29 is 14.7 Å². The van der Waals surface area contributed by atoms with E-state index in [1.54, 1.807) is 6.07 Å². The zero-order valence-corrected chi connectivity index (χ0v) is 10.7. The number of carbonyl (C=O) groups excluding carboxylic acids is 1. The maximum atomic E-state index is 11.9. The first kappa shape index (κ1) is 12.9. The molecule has 0 spiro atoms. The highest BCUT2D eigenvalue weighted by atomic mass is 35.5. The van der Waals surface area contributed by atoms with Crippen molar-refractivity contribution in [3.05, 3.63) is 28.2 Å². The lowest BCUT2D eigenvalue weighted by molar-refractivity contribution is -0.130. The second-order valence-electron chi connectivity index (χ2n) is 3.76. The Morgan fingerprint density at radius 3 is 2.61 bits per heavy atom. The molecule has 5 nitrogen and oxygen atoms in total. The molecule has 0 saturated heterocycles. The number of hydrogen-bond donors (Lipinski definition) is 1. The summed E-state index contributed by atoms with van der Waals surface area (Å²) in [6, 6.07) is 4.53. The SMILES string of the molecule is CC1C(=O)N(c2ccc(Cl)cc2Cl)N=C1C(=O)O. The average molecular weight is 287 g/mol. The summed E-state index contributed by atoms with van der Waals surface area (Å²) in [6.07, 6.45) is 0. The van der Waals surface area contributed by atoms with Crippen LogP contribution in [0.3, 0.4) is 0 Å². The number of hydrogen-bond acceptors (Lipinski definition) is 3. The number of amides is 1. The van der Waals surface area contributed by atoms with Gasteiger partial charge in [0, 0.05) is 5.02 Å². The highest BCUT2D eigenvalue weighted by Crippen LogP contribution is 2.32. The van der Waals surface area contributed by atoms with Crippen LogP contribution < -0.4 is 5.01 Å². The fraction of sp³-hybridized carbons (Fsp3) is 0.182. The first-order valence-corrected chi connectivity index (χ1v) is 5.78. The minimum absolute atomic E-state index is 0.203. The van der Waals surface area contributed by atoms with Crippen molar-refractivity contribution in [1.82, 2.24) is 0 Å². The number of benzene rings is 1. The Hall–Kier alpha value is -1.59. The van der Waals surface area contributed by atoms with Crippen molar-refractivity contribution in [2.45, 2.75) is 6.92 Å². The maximum absolute atomic E-state index is 11.9. The molecule has 1 aliphatic rings. The number of carboxylic acid groups (broad SMARTS) is 1. The summed E-state index contributed by atoms with van der Waals surface area (Å²) in [5.74, 6) is -2.45. The van der Waals surface area contributed by atoms with Gasteiger partial charge >= 0.3 is 5.97 Å². The van der Waals surface area contributed by atoms with Crippen LogP contribution in [0.15, 0.2) is 23.3 Å². The van der Waals surface area contributed by atoms with Crippen LogP contribution in [0.4, 0.5) is 5.69 Å². The molecule has 0 fully saturated rings. The van der Waals surface area contributed by atoms with E-state index in [9.17, 15) is 9.59 Å². The fourth-order valence-corrected chi connectivity index (χ4v) is 2.09. The van der Waals surface area contributed by atoms with Gasteiger partial charge in [0.15, 0.2) is 5.71 Å². The molecule has 2 rings (SSSR count). The first-order chi connectivity index (χ1) is 8.41. The number of carboxylic acids is 1. The fourth-order valence-electron chi connectivity index (χ4n) is 1.60. The molecular formula is C11H8Cl2N2O3. The molecular weight excluding hydrogens is 279 g/mol. The predicted molar refractivity (Wildman–Crippen MR) is 68.2 cm³/mol. The van der Waals surface area contributed by atoms with E-state index in [4.69, 9.17) is 28.3 Å². The van der Waals surface area contributed by atoms with Crippen LogP contribution >= 0.6 is 23.2 Å². The van der Waals surface area contributed by atoms with Crippen LogP contribution in [0.25, 0.3) is 0 Å². The Kier molecular flexibility index (Phi) is 3.28. The van der Waals surface area contributed by atoms with Crippen LogP contribution in [-0.2, 0) is 9.59 Å². The van der Waals surface area contributed by atoms with Crippen LogP contribution in [0.5, 0.6) is 0 Å². The van der Waals surface area contributed by atoms with E-state index in [1.165, 1.54) is 19.1 Å². The zero-order valence-electron chi connectivity index (χ0n) is 9.22. The van der Waals surface area contributed by atoms with E-state index in [1.807, 2.05) is 0 Å². The van der Waals surface area contributed by atoms with Gasteiger partial charge in [-0.15, -0.1) is 0 Å². The Bertz CT molecular complexity index is 571. The van der Waals surface area contributed by atoms with E-state index in [2.05, 4.69) is 5.10 Å². The molecule has 1 amide bonds. The van der Waals surface area contributed by atoms with Gasteiger partial charge in [0.1, 0.15) is 0 Å². The van der Waals surface area contributed by atoms with Gasteiger partial charge in [0.25, 0.3) is 5.91 Å². The smallest absolute Gasteiger partial charge is 0.352 e. The molecule has 0 radical (unpaired) electrons. The third kappa shape index (κ3) is 2.07.